The number of amides is 1. The van der Waals surface area contributed by atoms with Crippen molar-refractivity contribution in [2.75, 3.05) is 6.61 Å². The Bertz CT molecular complexity index is 206. The number of carbonyl (C=O) groups is 1. The SMILES string of the molecule is CCCCCCCCCCC(C)(CO)C(N)=O. The van der Waals surface area contributed by atoms with Gasteiger partial charge in [-0.05, 0) is 13.3 Å². The first-order valence-corrected chi connectivity index (χ1v) is 6.97. The zero-order valence-electron chi connectivity index (χ0n) is 11.5. The average molecular weight is 243 g/mol. The van der Waals surface area contributed by atoms with Crippen LogP contribution in [0.3, 0.4) is 0 Å². The van der Waals surface area contributed by atoms with E-state index < -0.39 is 5.41 Å². The third-order valence-corrected chi connectivity index (χ3v) is 3.53. The van der Waals surface area contributed by atoms with E-state index in [0.29, 0.717) is 6.42 Å². The molecular weight excluding hydrogens is 214 g/mol. The fraction of sp³-hybridized carbons (Fsp3) is 0.929. The molecule has 0 aliphatic carbocycles. The number of rotatable bonds is 11. The van der Waals surface area contributed by atoms with E-state index in [2.05, 4.69) is 6.92 Å². The zero-order chi connectivity index (χ0) is 13.1. The fourth-order valence-corrected chi connectivity index (χ4v) is 1.93. The van der Waals surface area contributed by atoms with Crippen molar-refractivity contribution in [3.8, 4) is 0 Å². The molecule has 1 amide bonds. The highest BCUT2D eigenvalue weighted by atomic mass is 16.3. The van der Waals surface area contributed by atoms with Crippen LogP contribution in [0.2, 0.25) is 0 Å². The van der Waals surface area contributed by atoms with E-state index in [0.717, 1.165) is 12.8 Å². The normalized spacial score (nSPS) is 14.5. The summed E-state index contributed by atoms with van der Waals surface area (Å²) in [5.41, 5.74) is 4.56. The Morgan fingerprint density at radius 3 is 1.94 bits per heavy atom. The molecule has 1 unspecified atom stereocenters. The van der Waals surface area contributed by atoms with E-state index in [1.807, 2.05) is 0 Å². The van der Waals surface area contributed by atoms with Crippen LogP contribution in [0.25, 0.3) is 0 Å². The van der Waals surface area contributed by atoms with E-state index >= 15 is 0 Å². The molecule has 0 heterocycles. The molecule has 0 saturated heterocycles. The minimum atomic E-state index is -0.720. The average Bonchev–Trinajstić information content (AvgIpc) is 2.32. The summed E-state index contributed by atoms with van der Waals surface area (Å²) in [6.45, 7) is 3.83. The van der Waals surface area contributed by atoms with Gasteiger partial charge in [-0.25, -0.2) is 0 Å². The van der Waals surface area contributed by atoms with E-state index in [1.165, 1.54) is 38.5 Å². The second-order valence-corrected chi connectivity index (χ2v) is 5.31. The molecule has 1 atom stereocenters. The summed E-state index contributed by atoms with van der Waals surface area (Å²) >= 11 is 0. The first-order valence-electron chi connectivity index (χ1n) is 6.97. The Hall–Kier alpha value is -0.570. The highest BCUT2D eigenvalue weighted by Crippen LogP contribution is 2.23. The Labute approximate surface area is 106 Å². The number of unbranched alkanes of at least 4 members (excludes halogenated alkanes) is 7. The van der Waals surface area contributed by atoms with Crippen LogP contribution in [0.15, 0.2) is 0 Å². The number of carbonyl (C=O) groups excluding carboxylic acids is 1. The molecule has 0 saturated carbocycles. The van der Waals surface area contributed by atoms with Gasteiger partial charge in [-0.3, -0.25) is 4.79 Å². The molecule has 0 aromatic heterocycles. The fourth-order valence-electron chi connectivity index (χ4n) is 1.93. The van der Waals surface area contributed by atoms with Gasteiger partial charge in [0, 0.05) is 0 Å². The molecule has 0 aromatic carbocycles. The molecule has 3 N–H and O–H groups in total. The molecule has 0 spiro atoms. The lowest BCUT2D eigenvalue weighted by Gasteiger charge is -2.22. The van der Waals surface area contributed by atoms with Crippen molar-refractivity contribution in [1.29, 1.82) is 0 Å². The van der Waals surface area contributed by atoms with Crippen molar-refractivity contribution >= 4 is 5.91 Å². The van der Waals surface area contributed by atoms with E-state index in [4.69, 9.17) is 10.8 Å². The summed E-state index contributed by atoms with van der Waals surface area (Å²) < 4.78 is 0. The van der Waals surface area contributed by atoms with Crippen LogP contribution in [0.4, 0.5) is 0 Å². The Kier molecular flexibility index (Phi) is 9.14. The third-order valence-electron chi connectivity index (χ3n) is 3.53. The van der Waals surface area contributed by atoms with Crippen LogP contribution in [-0.2, 0) is 4.79 Å². The van der Waals surface area contributed by atoms with Crippen LogP contribution in [0, 0.1) is 5.41 Å². The Balaban J connectivity index is 3.47. The zero-order valence-corrected chi connectivity index (χ0v) is 11.5. The molecule has 102 valence electrons. The molecule has 0 aliphatic heterocycles. The summed E-state index contributed by atoms with van der Waals surface area (Å²) in [5.74, 6) is -0.386. The second kappa shape index (κ2) is 9.46. The van der Waals surface area contributed by atoms with E-state index in [-0.39, 0.29) is 12.5 Å². The quantitative estimate of drug-likeness (QED) is 0.548. The first kappa shape index (κ1) is 16.4. The monoisotopic (exact) mass is 243 g/mol. The lowest BCUT2D eigenvalue weighted by Crippen LogP contribution is -2.37. The standard InChI is InChI=1S/C14H29NO2/c1-3-4-5-6-7-8-9-10-11-14(2,12-16)13(15)17/h16H,3-12H2,1-2H3,(H2,15,17). The van der Waals surface area contributed by atoms with Crippen LogP contribution in [-0.4, -0.2) is 17.6 Å². The summed E-state index contributed by atoms with van der Waals surface area (Å²) in [4.78, 5) is 11.2. The van der Waals surface area contributed by atoms with Crippen molar-refractivity contribution in [3.63, 3.8) is 0 Å². The smallest absolute Gasteiger partial charge is 0.225 e. The van der Waals surface area contributed by atoms with Gasteiger partial charge >= 0.3 is 0 Å². The number of hydrogen-bond donors (Lipinski definition) is 2. The highest BCUT2D eigenvalue weighted by molar-refractivity contribution is 5.80. The molecule has 0 fully saturated rings. The minimum absolute atomic E-state index is 0.140. The maximum absolute atomic E-state index is 11.2. The number of nitrogens with two attached hydrogens (primary N) is 1. The molecule has 0 aromatic rings. The molecule has 3 nitrogen and oxygen atoms in total. The van der Waals surface area contributed by atoms with E-state index in [9.17, 15) is 4.79 Å². The molecular formula is C14H29NO2. The van der Waals surface area contributed by atoms with Gasteiger partial charge < -0.3 is 10.8 Å². The number of hydrogen-bond acceptors (Lipinski definition) is 2. The second-order valence-electron chi connectivity index (χ2n) is 5.31. The lowest BCUT2D eigenvalue weighted by atomic mass is 9.84. The van der Waals surface area contributed by atoms with Crippen molar-refractivity contribution in [1.82, 2.24) is 0 Å². The van der Waals surface area contributed by atoms with Crippen molar-refractivity contribution in [2.45, 2.75) is 71.6 Å². The number of aliphatic hydroxyl groups excluding tert-OH is 1. The van der Waals surface area contributed by atoms with Gasteiger partial charge in [-0.1, -0.05) is 58.3 Å². The molecule has 3 heteroatoms. The van der Waals surface area contributed by atoms with Crippen LogP contribution in [0.5, 0.6) is 0 Å². The highest BCUT2D eigenvalue weighted by Gasteiger charge is 2.29. The third kappa shape index (κ3) is 7.37. The largest absolute Gasteiger partial charge is 0.395 e. The topological polar surface area (TPSA) is 63.3 Å². The molecule has 0 radical (unpaired) electrons. The van der Waals surface area contributed by atoms with Crippen molar-refractivity contribution in [2.24, 2.45) is 11.1 Å². The van der Waals surface area contributed by atoms with Crippen LogP contribution < -0.4 is 5.73 Å². The van der Waals surface area contributed by atoms with Gasteiger partial charge in [-0.15, -0.1) is 0 Å². The number of aliphatic hydroxyl groups is 1. The van der Waals surface area contributed by atoms with Gasteiger partial charge in [-0.2, -0.15) is 0 Å². The van der Waals surface area contributed by atoms with Gasteiger partial charge in [0.05, 0.1) is 12.0 Å². The summed E-state index contributed by atoms with van der Waals surface area (Å²) in [7, 11) is 0. The Morgan fingerprint density at radius 2 is 1.53 bits per heavy atom. The lowest BCUT2D eigenvalue weighted by molar-refractivity contribution is -0.129. The molecule has 0 aliphatic rings. The van der Waals surface area contributed by atoms with Crippen LogP contribution >= 0.6 is 0 Å². The predicted octanol–water partition coefficient (Wildman–Crippen LogP) is 3.00. The number of primary amides is 1. The molecule has 17 heavy (non-hydrogen) atoms. The summed E-state index contributed by atoms with van der Waals surface area (Å²) in [6, 6.07) is 0. The van der Waals surface area contributed by atoms with Crippen molar-refractivity contribution < 1.29 is 9.90 Å². The van der Waals surface area contributed by atoms with Gasteiger partial charge in [0.15, 0.2) is 0 Å². The maximum atomic E-state index is 11.2. The summed E-state index contributed by atoms with van der Waals surface area (Å²) in [5, 5.41) is 9.15. The van der Waals surface area contributed by atoms with Crippen LogP contribution in [0.1, 0.15) is 71.6 Å². The van der Waals surface area contributed by atoms with E-state index in [1.54, 1.807) is 6.92 Å². The maximum Gasteiger partial charge on any atom is 0.225 e. The summed E-state index contributed by atoms with van der Waals surface area (Å²) in [6.07, 6.45) is 10.6. The first-order chi connectivity index (χ1) is 8.06. The predicted molar refractivity (Wildman–Crippen MR) is 71.6 cm³/mol. The molecule has 0 bridgehead atoms. The van der Waals surface area contributed by atoms with Crippen molar-refractivity contribution in [3.05, 3.63) is 0 Å². The Morgan fingerprint density at radius 1 is 1.06 bits per heavy atom. The van der Waals surface area contributed by atoms with Gasteiger partial charge in [0.2, 0.25) is 5.91 Å². The van der Waals surface area contributed by atoms with Gasteiger partial charge in [0.1, 0.15) is 0 Å². The van der Waals surface area contributed by atoms with Gasteiger partial charge in [0.25, 0.3) is 0 Å². The minimum Gasteiger partial charge on any atom is -0.395 e. The molecule has 0 rings (SSSR count).